The van der Waals surface area contributed by atoms with Crippen molar-refractivity contribution in [2.45, 2.75) is 0 Å². The lowest BCUT2D eigenvalue weighted by molar-refractivity contribution is 0.311. The molecule has 5 nitrogen and oxygen atoms in total. The fraction of sp³-hybridized carbons (Fsp3) is 0.176. The van der Waals surface area contributed by atoms with Gasteiger partial charge in [0.15, 0.2) is 5.82 Å². The largest absolute Gasteiger partial charge is 0.497 e. The number of hydrogen-bond donors (Lipinski definition) is 2. The lowest BCUT2D eigenvalue weighted by Crippen LogP contribution is -2.08. The minimum absolute atomic E-state index is 0. The predicted octanol–water partition coefficient (Wildman–Crippen LogP) is 3.13. The molecule has 2 N–H and O–H groups in total. The molecule has 1 heterocycles. The van der Waals surface area contributed by atoms with Crippen LogP contribution in [-0.4, -0.2) is 35.3 Å². The molecule has 1 aromatic heterocycles. The summed E-state index contributed by atoms with van der Waals surface area (Å²) in [6.45, 7) is 0.499. The fourth-order valence-corrected chi connectivity index (χ4v) is 2.25. The summed E-state index contributed by atoms with van der Waals surface area (Å²) in [6.07, 6.45) is 0. The predicted molar refractivity (Wildman–Crippen MR) is 94.3 cm³/mol. The second-order valence-electron chi connectivity index (χ2n) is 4.79. The molecule has 2 aromatic carbocycles. The maximum atomic E-state index is 9.02. The van der Waals surface area contributed by atoms with Crippen molar-refractivity contribution in [2.24, 2.45) is 0 Å². The first kappa shape index (κ1) is 17.0. The molecular weight excluding hydrogens is 314 g/mol. The standard InChI is InChI=1S/C17H17N3O2.ClH/c1-22-13-8-6-12(7-9-13)16-19-15-5-3-2-4-14(15)17(20-16)18-10-11-21;/h2-9,21H,10-11H2,1H3,(H,18,19,20);1H. The van der Waals surface area contributed by atoms with E-state index in [0.717, 1.165) is 28.0 Å². The van der Waals surface area contributed by atoms with Crippen LogP contribution in [0.4, 0.5) is 5.82 Å². The fourth-order valence-electron chi connectivity index (χ4n) is 2.25. The molecule has 0 saturated heterocycles. The highest BCUT2D eigenvalue weighted by molar-refractivity contribution is 5.90. The van der Waals surface area contributed by atoms with E-state index >= 15 is 0 Å². The average molecular weight is 332 g/mol. The molecule has 0 atom stereocenters. The van der Waals surface area contributed by atoms with Gasteiger partial charge in [0.05, 0.1) is 19.2 Å². The highest BCUT2D eigenvalue weighted by Gasteiger charge is 2.09. The molecule has 120 valence electrons. The van der Waals surface area contributed by atoms with Gasteiger partial charge in [-0.3, -0.25) is 0 Å². The van der Waals surface area contributed by atoms with Gasteiger partial charge in [0.2, 0.25) is 0 Å². The third-order valence-corrected chi connectivity index (χ3v) is 3.36. The van der Waals surface area contributed by atoms with Gasteiger partial charge in [-0.2, -0.15) is 0 Å². The SMILES string of the molecule is COc1ccc(-c2nc(NCCO)c3ccccc3n2)cc1.Cl. The lowest BCUT2D eigenvalue weighted by atomic mass is 10.1. The first-order valence-electron chi connectivity index (χ1n) is 7.08. The van der Waals surface area contributed by atoms with Crippen molar-refractivity contribution < 1.29 is 9.84 Å². The maximum Gasteiger partial charge on any atom is 0.162 e. The number of fused-ring (bicyclic) bond motifs is 1. The highest BCUT2D eigenvalue weighted by atomic mass is 35.5. The molecule has 0 saturated carbocycles. The Hall–Kier alpha value is -2.37. The van der Waals surface area contributed by atoms with E-state index in [2.05, 4.69) is 15.3 Å². The van der Waals surface area contributed by atoms with Crippen LogP contribution in [0.1, 0.15) is 0 Å². The van der Waals surface area contributed by atoms with Gasteiger partial charge in [0, 0.05) is 17.5 Å². The molecule has 0 aliphatic rings. The van der Waals surface area contributed by atoms with Crippen molar-refractivity contribution in [1.82, 2.24) is 9.97 Å². The zero-order valence-electron chi connectivity index (χ0n) is 12.7. The first-order valence-corrected chi connectivity index (χ1v) is 7.08. The Morgan fingerprint density at radius 1 is 1.04 bits per heavy atom. The van der Waals surface area contributed by atoms with Crippen LogP contribution >= 0.6 is 12.4 Å². The normalized spacial score (nSPS) is 10.2. The molecule has 0 radical (unpaired) electrons. The van der Waals surface area contributed by atoms with E-state index in [4.69, 9.17) is 9.84 Å². The Kier molecular flexibility index (Phi) is 5.73. The van der Waals surface area contributed by atoms with E-state index in [0.29, 0.717) is 12.4 Å². The molecule has 0 aliphatic heterocycles. The van der Waals surface area contributed by atoms with Gasteiger partial charge < -0.3 is 15.2 Å². The van der Waals surface area contributed by atoms with Gasteiger partial charge in [-0.1, -0.05) is 12.1 Å². The number of anilines is 1. The summed E-state index contributed by atoms with van der Waals surface area (Å²) in [6, 6.07) is 15.4. The Morgan fingerprint density at radius 2 is 1.78 bits per heavy atom. The number of aliphatic hydroxyl groups excluding tert-OH is 1. The van der Waals surface area contributed by atoms with Gasteiger partial charge in [0.1, 0.15) is 11.6 Å². The summed E-state index contributed by atoms with van der Waals surface area (Å²) in [7, 11) is 1.64. The molecule has 0 bridgehead atoms. The Labute approximate surface area is 140 Å². The number of para-hydroxylation sites is 1. The van der Waals surface area contributed by atoms with Crippen LogP contribution in [0.15, 0.2) is 48.5 Å². The molecule has 0 aliphatic carbocycles. The van der Waals surface area contributed by atoms with Crippen molar-refractivity contribution in [3.05, 3.63) is 48.5 Å². The van der Waals surface area contributed by atoms with Gasteiger partial charge in [0.25, 0.3) is 0 Å². The second-order valence-corrected chi connectivity index (χ2v) is 4.79. The molecule has 6 heteroatoms. The van der Waals surface area contributed by atoms with E-state index in [1.807, 2.05) is 48.5 Å². The van der Waals surface area contributed by atoms with E-state index in [1.165, 1.54) is 0 Å². The monoisotopic (exact) mass is 331 g/mol. The third-order valence-electron chi connectivity index (χ3n) is 3.36. The molecule has 0 amide bonds. The molecule has 23 heavy (non-hydrogen) atoms. The van der Waals surface area contributed by atoms with Crippen LogP contribution in [0.3, 0.4) is 0 Å². The van der Waals surface area contributed by atoms with Crippen LogP contribution in [-0.2, 0) is 0 Å². The lowest BCUT2D eigenvalue weighted by Gasteiger charge is -2.10. The Morgan fingerprint density at radius 3 is 2.48 bits per heavy atom. The van der Waals surface area contributed by atoms with Crippen molar-refractivity contribution in [3.8, 4) is 17.1 Å². The summed E-state index contributed by atoms with van der Waals surface area (Å²) in [5.74, 6) is 2.16. The van der Waals surface area contributed by atoms with E-state index in [1.54, 1.807) is 7.11 Å². The highest BCUT2D eigenvalue weighted by Crippen LogP contribution is 2.25. The van der Waals surface area contributed by atoms with Gasteiger partial charge in [-0.05, 0) is 36.4 Å². The summed E-state index contributed by atoms with van der Waals surface area (Å²) >= 11 is 0. The molecule has 3 aromatic rings. The van der Waals surface area contributed by atoms with Crippen molar-refractivity contribution in [1.29, 1.82) is 0 Å². The maximum absolute atomic E-state index is 9.02. The molecule has 0 fully saturated rings. The zero-order valence-corrected chi connectivity index (χ0v) is 13.5. The number of nitrogens with one attached hydrogen (secondary N) is 1. The second kappa shape index (κ2) is 7.76. The number of methoxy groups -OCH3 is 1. The number of hydrogen-bond acceptors (Lipinski definition) is 5. The van der Waals surface area contributed by atoms with Gasteiger partial charge >= 0.3 is 0 Å². The minimum Gasteiger partial charge on any atom is -0.497 e. The van der Waals surface area contributed by atoms with E-state index in [9.17, 15) is 0 Å². The van der Waals surface area contributed by atoms with Crippen LogP contribution in [0.25, 0.3) is 22.3 Å². The summed E-state index contributed by atoms with van der Waals surface area (Å²) in [5.41, 5.74) is 1.78. The van der Waals surface area contributed by atoms with E-state index in [-0.39, 0.29) is 19.0 Å². The van der Waals surface area contributed by atoms with Crippen molar-refractivity contribution >= 4 is 29.1 Å². The smallest absolute Gasteiger partial charge is 0.162 e. The zero-order chi connectivity index (χ0) is 15.4. The number of ether oxygens (including phenoxy) is 1. The third kappa shape index (κ3) is 3.70. The number of rotatable bonds is 5. The summed E-state index contributed by atoms with van der Waals surface area (Å²) in [5, 5.41) is 13.1. The quantitative estimate of drug-likeness (QED) is 0.752. The molecule has 0 spiro atoms. The Bertz CT molecular complexity index is 778. The van der Waals surface area contributed by atoms with Gasteiger partial charge in [-0.25, -0.2) is 9.97 Å². The number of aliphatic hydroxyl groups is 1. The molecule has 3 rings (SSSR count). The van der Waals surface area contributed by atoms with Gasteiger partial charge in [-0.15, -0.1) is 12.4 Å². The summed E-state index contributed by atoms with van der Waals surface area (Å²) in [4.78, 5) is 9.21. The van der Waals surface area contributed by atoms with Crippen LogP contribution in [0, 0.1) is 0 Å². The minimum atomic E-state index is 0. The van der Waals surface area contributed by atoms with E-state index < -0.39 is 0 Å². The molecule has 0 unspecified atom stereocenters. The first-order chi connectivity index (χ1) is 10.8. The number of halogens is 1. The Balaban J connectivity index is 0.00000192. The number of benzene rings is 2. The molecular formula is C17H18ClN3O2. The summed E-state index contributed by atoms with van der Waals surface area (Å²) < 4.78 is 5.17. The van der Waals surface area contributed by atoms with Crippen molar-refractivity contribution in [2.75, 3.05) is 25.6 Å². The van der Waals surface area contributed by atoms with Crippen LogP contribution < -0.4 is 10.1 Å². The topological polar surface area (TPSA) is 67.3 Å². The van der Waals surface area contributed by atoms with Crippen LogP contribution in [0.2, 0.25) is 0 Å². The van der Waals surface area contributed by atoms with Crippen LogP contribution in [0.5, 0.6) is 5.75 Å². The van der Waals surface area contributed by atoms with Crippen molar-refractivity contribution in [3.63, 3.8) is 0 Å². The average Bonchev–Trinajstić information content (AvgIpc) is 2.59. The number of nitrogens with zero attached hydrogens (tertiary/aromatic N) is 2. The number of aromatic nitrogens is 2.